The molecule has 14 nitrogen and oxygen atoms in total. The summed E-state index contributed by atoms with van der Waals surface area (Å²) in [6.07, 6.45) is -10.8. The van der Waals surface area contributed by atoms with Crippen LogP contribution in [0.15, 0.2) is 30.3 Å². The predicted octanol–water partition coefficient (Wildman–Crippen LogP) is -1.60. The number of hydrogen-bond acceptors (Lipinski definition) is 13. The lowest BCUT2D eigenvalue weighted by atomic mass is 9.98. The standard InChI is InChI=1S/C15H16O11.C6H6O3/c16-4-1-6-8(9(18)5(17)3-24-6)7(2-4)25-15-12(21)10(19)11(20)13(26-15)14(22)23;7-4-2-1-3-5(8)6(4)9/h1-2,5,10-13,15-17,19-21H,3H2,(H,22,23);1-3,7-9H/t5-,10?,11?,12?,13?,15?;/m1./s1. The van der Waals surface area contributed by atoms with E-state index < -0.39 is 54.3 Å². The molecule has 14 heteroatoms. The second-order valence-electron chi connectivity index (χ2n) is 7.51. The van der Waals surface area contributed by atoms with Gasteiger partial charge in [0.15, 0.2) is 29.5 Å². The number of hydrogen-bond donors (Lipinski definition) is 9. The Hall–Kier alpha value is -3.82. The molecule has 0 spiro atoms. The summed E-state index contributed by atoms with van der Waals surface area (Å²) in [7, 11) is 0. The van der Waals surface area contributed by atoms with E-state index in [1.54, 1.807) is 0 Å². The van der Waals surface area contributed by atoms with Crippen LogP contribution in [0.3, 0.4) is 0 Å². The molecule has 0 aromatic heterocycles. The molecule has 35 heavy (non-hydrogen) atoms. The summed E-state index contributed by atoms with van der Waals surface area (Å²) < 4.78 is 15.4. The highest BCUT2D eigenvalue weighted by Gasteiger charge is 2.48. The third kappa shape index (κ3) is 5.31. The first-order valence-corrected chi connectivity index (χ1v) is 9.93. The zero-order valence-electron chi connectivity index (χ0n) is 17.6. The van der Waals surface area contributed by atoms with Crippen molar-refractivity contribution in [1.82, 2.24) is 0 Å². The molecule has 2 aliphatic heterocycles. The van der Waals surface area contributed by atoms with Crippen molar-refractivity contribution in [3.63, 3.8) is 0 Å². The summed E-state index contributed by atoms with van der Waals surface area (Å²) in [6.45, 7) is -0.330. The van der Waals surface area contributed by atoms with E-state index in [2.05, 4.69) is 0 Å². The van der Waals surface area contributed by atoms with Crippen molar-refractivity contribution in [2.45, 2.75) is 36.8 Å². The highest BCUT2D eigenvalue weighted by molar-refractivity contribution is 6.05. The van der Waals surface area contributed by atoms with Crippen LogP contribution in [0.25, 0.3) is 0 Å². The number of para-hydroxylation sites is 1. The second-order valence-corrected chi connectivity index (χ2v) is 7.51. The van der Waals surface area contributed by atoms with Crippen molar-refractivity contribution in [2.24, 2.45) is 0 Å². The van der Waals surface area contributed by atoms with Gasteiger partial charge in [-0.3, -0.25) is 4.79 Å². The Morgan fingerprint density at radius 1 is 0.943 bits per heavy atom. The average molecular weight is 498 g/mol. The van der Waals surface area contributed by atoms with Crippen LogP contribution in [0.4, 0.5) is 0 Å². The number of carbonyl (C=O) groups is 2. The molecule has 0 saturated carbocycles. The summed E-state index contributed by atoms with van der Waals surface area (Å²) in [6, 6.07) is 6.10. The van der Waals surface area contributed by atoms with Crippen LogP contribution in [0.5, 0.6) is 34.5 Å². The summed E-state index contributed by atoms with van der Waals surface area (Å²) in [4.78, 5) is 23.3. The van der Waals surface area contributed by atoms with E-state index in [9.17, 15) is 35.1 Å². The maximum absolute atomic E-state index is 12.2. The number of aliphatic carboxylic acids is 1. The molecule has 1 saturated heterocycles. The SMILES string of the molecule is O=C(O)C1OC(Oc2cc(O)cc3c2C(=O)[C@H](O)CO3)C(O)C(O)C1O.Oc1cccc(O)c1O. The van der Waals surface area contributed by atoms with Gasteiger partial charge in [-0.2, -0.15) is 0 Å². The number of fused-ring (bicyclic) bond motifs is 1. The van der Waals surface area contributed by atoms with Crippen LogP contribution < -0.4 is 9.47 Å². The maximum atomic E-state index is 12.2. The van der Waals surface area contributed by atoms with Crippen molar-refractivity contribution in [1.29, 1.82) is 0 Å². The van der Waals surface area contributed by atoms with Gasteiger partial charge in [0, 0.05) is 12.1 Å². The Morgan fingerprint density at radius 2 is 1.57 bits per heavy atom. The molecular formula is C21H22O14. The molecule has 5 unspecified atom stereocenters. The summed E-state index contributed by atoms with van der Waals surface area (Å²) in [5.74, 6) is -4.30. The number of rotatable bonds is 3. The molecule has 2 aliphatic rings. The predicted molar refractivity (Wildman–Crippen MR) is 110 cm³/mol. The lowest BCUT2D eigenvalue weighted by Crippen LogP contribution is -2.61. The fourth-order valence-electron chi connectivity index (χ4n) is 3.23. The number of aliphatic hydroxyl groups excluding tert-OH is 4. The van der Waals surface area contributed by atoms with Gasteiger partial charge in [-0.15, -0.1) is 0 Å². The van der Waals surface area contributed by atoms with Crippen molar-refractivity contribution in [2.75, 3.05) is 6.61 Å². The van der Waals surface area contributed by atoms with Gasteiger partial charge in [-0.05, 0) is 12.1 Å². The Morgan fingerprint density at radius 3 is 2.14 bits per heavy atom. The van der Waals surface area contributed by atoms with E-state index in [4.69, 9.17) is 34.6 Å². The molecule has 2 aromatic carbocycles. The van der Waals surface area contributed by atoms with Gasteiger partial charge in [-0.25, -0.2) is 4.79 Å². The number of Topliss-reactive ketones (excluding diaryl/α,β-unsaturated/α-hetero) is 1. The minimum Gasteiger partial charge on any atom is -0.508 e. The van der Waals surface area contributed by atoms with Crippen LogP contribution in [0.1, 0.15) is 10.4 Å². The van der Waals surface area contributed by atoms with Gasteiger partial charge in [0.2, 0.25) is 12.1 Å². The maximum Gasteiger partial charge on any atom is 0.335 e. The Labute approximate surface area is 196 Å². The zero-order valence-corrected chi connectivity index (χ0v) is 17.6. The molecule has 0 aliphatic carbocycles. The number of ketones is 1. The molecule has 6 atom stereocenters. The van der Waals surface area contributed by atoms with Crippen LogP contribution in [0, 0.1) is 0 Å². The molecular weight excluding hydrogens is 476 g/mol. The summed E-state index contributed by atoms with van der Waals surface area (Å²) >= 11 is 0. The minimum absolute atomic E-state index is 0.0871. The van der Waals surface area contributed by atoms with Gasteiger partial charge in [-0.1, -0.05) is 6.07 Å². The third-order valence-corrected chi connectivity index (χ3v) is 5.05. The zero-order chi connectivity index (χ0) is 26.0. The van der Waals surface area contributed by atoms with E-state index in [0.29, 0.717) is 0 Å². The highest BCUT2D eigenvalue weighted by Crippen LogP contribution is 2.38. The quantitative estimate of drug-likeness (QED) is 0.217. The number of benzene rings is 2. The number of ether oxygens (including phenoxy) is 3. The monoisotopic (exact) mass is 498 g/mol. The lowest BCUT2D eigenvalue weighted by molar-refractivity contribution is -0.271. The van der Waals surface area contributed by atoms with Crippen molar-refractivity contribution < 1.29 is 69.8 Å². The average Bonchev–Trinajstić information content (AvgIpc) is 2.80. The number of aromatic hydroxyl groups is 4. The van der Waals surface area contributed by atoms with E-state index in [-0.39, 0.29) is 40.9 Å². The van der Waals surface area contributed by atoms with Gasteiger partial charge in [0.1, 0.15) is 47.7 Å². The number of aliphatic hydroxyl groups is 4. The molecule has 0 bridgehead atoms. The molecule has 2 aromatic rings. The molecule has 9 N–H and O–H groups in total. The van der Waals surface area contributed by atoms with Crippen LogP contribution in [-0.4, -0.2) is 101 Å². The summed E-state index contributed by atoms with van der Waals surface area (Å²) in [5.41, 5.74) is -0.246. The number of carboxylic acid groups (broad SMARTS) is 1. The van der Waals surface area contributed by atoms with Crippen molar-refractivity contribution in [3.05, 3.63) is 35.9 Å². The van der Waals surface area contributed by atoms with E-state index >= 15 is 0 Å². The Bertz CT molecular complexity index is 1080. The normalized spacial score (nSPS) is 27.6. The smallest absolute Gasteiger partial charge is 0.335 e. The van der Waals surface area contributed by atoms with E-state index in [0.717, 1.165) is 12.1 Å². The molecule has 1 fully saturated rings. The highest BCUT2D eigenvalue weighted by atomic mass is 16.7. The number of phenols is 4. The van der Waals surface area contributed by atoms with E-state index in [1.807, 2.05) is 0 Å². The number of carbonyl (C=O) groups excluding carboxylic acids is 1. The van der Waals surface area contributed by atoms with Crippen LogP contribution in [0.2, 0.25) is 0 Å². The van der Waals surface area contributed by atoms with Crippen molar-refractivity contribution in [3.8, 4) is 34.5 Å². The van der Waals surface area contributed by atoms with Gasteiger partial charge in [0.05, 0.1) is 0 Å². The van der Waals surface area contributed by atoms with Gasteiger partial charge in [0.25, 0.3) is 0 Å². The van der Waals surface area contributed by atoms with Gasteiger partial charge >= 0.3 is 5.97 Å². The fraction of sp³-hybridized carbons (Fsp3) is 0.333. The lowest BCUT2D eigenvalue weighted by Gasteiger charge is -2.38. The third-order valence-electron chi connectivity index (χ3n) is 5.05. The molecule has 4 rings (SSSR count). The largest absolute Gasteiger partial charge is 0.508 e. The van der Waals surface area contributed by atoms with Crippen LogP contribution >= 0.6 is 0 Å². The first-order chi connectivity index (χ1) is 16.4. The number of phenolic OH excluding ortho intramolecular Hbond substituents is 4. The van der Waals surface area contributed by atoms with Gasteiger partial charge < -0.3 is 60.2 Å². The summed E-state index contributed by atoms with van der Waals surface area (Å²) in [5, 5.41) is 83.9. The molecule has 2 heterocycles. The minimum atomic E-state index is -1.91. The first kappa shape index (κ1) is 25.8. The molecule has 190 valence electrons. The Balaban J connectivity index is 0.000000320. The second kappa shape index (κ2) is 10.2. The topological polar surface area (TPSA) is 244 Å². The molecule has 0 amide bonds. The first-order valence-electron chi connectivity index (χ1n) is 9.93. The van der Waals surface area contributed by atoms with Crippen molar-refractivity contribution >= 4 is 11.8 Å². The van der Waals surface area contributed by atoms with Crippen LogP contribution in [-0.2, 0) is 9.53 Å². The van der Waals surface area contributed by atoms with E-state index in [1.165, 1.54) is 18.2 Å². The molecule has 0 radical (unpaired) electrons. The number of carboxylic acids is 1. The fourth-order valence-corrected chi connectivity index (χ4v) is 3.23. The Kier molecular flexibility index (Phi) is 7.52.